The van der Waals surface area contributed by atoms with Crippen LogP contribution in [0.5, 0.6) is 5.75 Å². The number of phenols is 1. The highest BCUT2D eigenvalue weighted by Crippen LogP contribution is 2.18. The van der Waals surface area contributed by atoms with Crippen molar-refractivity contribution in [3.05, 3.63) is 29.8 Å². The van der Waals surface area contributed by atoms with Crippen LogP contribution in [0.15, 0.2) is 24.3 Å². The van der Waals surface area contributed by atoms with E-state index in [1.54, 1.807) is 6.07 Å². The number of rotatable bonds is 30. The van der Waals surface area contributed by atoms with Gasteiger partial charge < -0.3 is 10.4 Å². The molecule has 0 heterocycles. The van der Waals surface area contributed by atoms with Crippen molar-refractivity contribution in [2.45, 2.75) is 187 Å². The molecular weight excluding hydrogens is 490 g/mol. The van der Waals surface area contributed by atoms with Gasteiger partial charge in [-0.25, -0.2) is 0 Å². The van der Waals surface area contributed by atoms with E-state index in [0.29, 0.717) is 12.8 Å². The van der Waals surface area contributed by atoms with Gasteiger partial charge in [-0.15, -0.1) is 0 Å². The van der Waals surface area contributed by atoms with Crippen LogP contribution in [0.3, 0.4) is 0 Å². The topological polar surface area (TPSA) is 49.3 Å². The Hall–Kier alpha value is -1.51. The van der Waals surface area contributed by atoms with Crippen molar-refractivity contribution in [1.29, 1.82) is 0 Å². The number of carbonyl (C=O) groups excluding carboxylic acids is 1. The predicted octanol–water partition coefficient (Wildman–Crippen LogP) is 11.6. The molecule has 0 aliphatic carbocycles. The first-order valence-electron chi connectivity index (χ1n) is 17.8. The maximum atomic E-state index is 12.0. The van der Waals surface area contributed by atoms with Crippen LogP contribution in [-0.2, 0) is 11.2 Å². The first-order valence-corrected chi connectivity index (χ1v) is 17.8. The average Bonchev–Trinajstić information content (AvgIpc) is 2.96. The SMILES string of the molecule is CCCCCCCCCCCCCCCCCCCCCCCCCCCCNC(=O)CCc1ccccc1O. The van der Waals surface area contributed by atoms with Gasteiger partial charge in [0.05, 0.1) is 0 Å². The van der Waals surface area contributed by atoms with Crippen LogP contribution in [0.25, 0.3) is 0 Å². The van der Waals surface area contributed by atoms with Crippen molar-refractivity contribution in [2.24, 2.45) is 0 Å². The number of amides is 1. The molecule has 1 aromatic rings. The minimum atomic E-state index is 0.0860. The van der Waals surface area contributed by atoms with Gasteiger partial charge in [0.1, 0.15) is 5.75 Å². The van der Waals surface area contributed by atoms with Gasteiger partial charge in [-0.3, -0.25) is 4.79 Å². The summed E-state index contributed by atoms with van der Waals surface area (Å²) in [6.07, 6.45) is 37.7. The number of para-hydroxylation sites is 1. The number of carbonyl (C=O) groups is 1. The highest BCUT2D eigenvalue weighted by Gasteiger charge is 2.04. The lowest BCUT2D eigenvalue weighted by molar-refractivity contribution is -0.121. The number of benzene rings is 1. The maximum absolute atomic E-state index is 12.0. The number of hydrogen-bond donors (Lipinski definition) is 2. The molecule has 0 atom stereocenters. The van der Waals surface area contributed by atoms with Gasteiger partial charge >= 0.3 is 0 Å². The number of nitrogens with one attached hydrogen (secondary N) is 1. The smallest absolute Gasteiger partial charge is 0.220 e. The third kappa shape index (κ3) is 24.3. The molecule has 0 spiro atoms. The van der Waals surface area contributed by atoms with E-state index in [4.69, 9.17) is 0 Å². The molecule has 0 aliphatic heterocycles. The van der Waals surface area contributed by atoms with Gasteiger partial charge in [-0.05, 0) is 24.5 Å². The summed E-state index contributed by atoms with van der Waals surface area (Å²) in [5.41, 5.74) is 0.845. The highest BCUT2D eigenvalue weighted by atomic mass is 16.3. The van der Waals surface area contributed by atoms with E-state index in [1.165, 1.54) is 161 Å². The van der Waals surface area contributed by atoms with Crippen LogP contribution in [0.4, 0.5) is 0 Å². The third-order valence-corrected chi connectivity index (χ3v) is 8.47. The van der Waals surface area contributed by atoms with E-state index < -0.39 is 0 Å². The van der Waals surface area contributed by atoms with Gasteiger partial charge in [-0.2, -0.15) is 0 Å². The number of phenolic OH excluding ortho intramolecular Hbond substituents is 1. The molecule has 0 saturated heterocycles. The molecule has 0 saturated carbocycles. The molecule has 0 aliphatic rings. The number of aromatic hydroxyl groups is 1. The molecule has 0 radical (unpaired) electrons. The highest BCUT2D eigenvalue weighted by molar-refractivity contribution is 5.76. The molecule has 0 fully saturated rings. The largest absolute Gasteiger partial charge is 0.508 e. The van der Waals surface area contributed by atoms with Crippen molar-refractivity contribution in [3.8, 4) is 5.75 Å². The van der Waals surface area contributed by atoms with Crippen LogP contribution in [0, 0.1) is 0 Å². The molecule has 232 valence electrons. The molecule has 1 aromatic carbocycles. The standard InChI is InChI=1S/C37H67NO2/c1-2-3-4-5-6-7-8-9-10-11-12-13-14-15-16-17-18-19-20-21-22-23-24-25-26-29-34-38-37(40)33-32-35-30-27-28-31-36(35)39/h27-28,30-31,39H,2-26,29,32-34H2,1H3,(H,38,40). The lowest BCUT2D eigenvalue weighted by Gasteiger charge is -2.07. The average molecular weight is 558 g/mol. The zero-order valence-electron chi connectivity index (χ0n) is 26.7. The Morgan fingerprint density at radius 2 is 0.900 bits per heavy atom. The lowest BCUT2D eigenvalue weighted by atomic mass is 10.0. The summed E-state index contributed by atoms with van der Waals surface area (Å²) < 4.78 is 0. The molecule has 1 amide bonds. The number of unbranched alkanes of at least 4 members (excludes halogenated alkanes) is 25. The Morgan fingerprint density at radius 1 is 0.550 bits per heavy atom. The molecular formula is C37H67NO2. The van der Waals surface area contributed by atoms with E-state index in [1.807, 2.05) is 18.2 Å². The molecule has 3 nitrogen and oxygen atoms in total. The Bertz CT molecular complexity index is 674. The summed E-state index contributed by atoms with van der Waals surface area (Å²) in [6.45, 7) is 3.07. The van der Waals surface area contributed by atoms with Gasteiger partial charge in [0.2, 0.25) is 5.91 Å². The quantitative estimate of drug-likeness (QED) is 0.0924. The van der Waals surface area contributed by atoms with Gasteiger partial charge in [0.15, 0.2) is 0 Å². The molecule has 40 heavy (non-hydrogen) atoms. The minimum Gasteiger partial charge on any atom is -0.508 e. The summed E-state index contributed by atoms with van der Waals surface area (Å²) in [5.74, 6) is 0.369. The van der Waals surface area contributed by atoms with Crippen molar-refractivity contribution in [3.63, 3.8) is 0 Å². The van der Waals surface area contributed by atoms with E-state index >= 15 is 0 Å². The lowest BCUT2D eigenvalue weighted by Crippen LogP contribution is -2.24. The maximum Gasteiger partial charge on any atom is 0.220 e. The Kier molecular flexibility index (Phi) is 26.5. The second-order valence-corrected chi connectivity index (χ2v) is 12.3. The van der Waals surface area contributed by atoms with E-state index in [-0.39, 0.29) is 11.7 Å². The van der Waals surface area contributed by atoms with Gasteiger partial charge in [-0.1, -0.05) is 186 Å². The third-order valence-electron chi connectivity index (χ3n) is 8.47. The molecule has 0 aromatic heterocycles. The van der Waals surface area contributed by atoms with Crippen LogP contribution in [0.2, 0.25) is 0 Å². The normalized spacial score (nSPS) is 11.2. The Morgan fingerprint density at radius 3 is 1.27 bits per heavy atom. The van der Waals surface area contributed by atoms with Crippen LogP contribution in [-0.4, -0.2) is 17.6 Å². The second kappa shape index (κ2) is 29.0. The summed E-state index contributed by atoms with van der Waals surface area (Å²) in [7, 11) is 0. The van der Waals surface area contributed by atoms with E-state index in [2.05, 4.69) is 12.2 Å². The zero-order valence-corrected chi connectivity index (χ0v) is 26.7. The number of aryl methyl sites for hydroxylation is 1. The van der Waals surface area contributed by atoms with Gasteiger partial charge in [0.25, 0.3) is 0 Å². The first-order chi connectivity index (χ1) is 19.7. The fourth-order valence-electron chi connectivity index (χ4n) is 5.73. The van der Waals surface area contributed by atoms with Crippen LogP contribution >= 0.6 is 0 Å². The second-order valence-electron chi connectivity index (χ2n) is 12.3. The fourth-order valence-corrected chi connectivity index (χ4v) is 5.73. The van der Waals surface area contributed by atoms with Crippen LogP contribution < -0.4 is 5.32 Å². The van der Waals surface area contributed by atoms with Crippen molar-refractivity contribution < 1.29 is 9.90 Å². The fraction of sp³-hybridized carbons (Fsp3) is 0.811. The molecule has 2 N–H and O–H groups in total. The van der Waals surface area contributed by atoms with Crippen molar-refractivity contribution >= 4 is 5.91 Å². The molecule has 3 heteroatoms. The molecule has 0 unspecified atom stereocenters. The summed E-state index contributed by atoms with van der Waals surface area (Å²) >= 11 is 0. The summed E-state index contributed by atoms with van der Waals surface area (Å²) in [4.78, 5) is 12.0. The Balaban J connectivity index is 1.69. The van der Waals surface area contributed by atoms with E-state index in [9.17, 15) is 9.90 Å². The molecule has 0 bridgehead atoms. The van der Waals surface area contributed by atoms with Crippen molar-refractivity contribution in [1.82, 2.24) is 5.32 Å². The molecule has 1 rings (SSSR count). The zero-order chi connectivity index (χ0) is 28.8. The number of hydrogen-bond acceptors (Lipinski definition) is 2. The summed E-state index contributed by atoms with van der Waals surface area (Å²) in [6, 6.07) is 7.26. The predicted molar refractivity (Wildman–Crippen MR) is 175 cm³/mol. The van der Waals surface area contributed by atoms with Gasteiger partial charge in [0, 0.05) is 13.0 Å². The van der Waals surface area contributed by atoms with Crippen LogP contribution in [0.1, 0.15) is 186 Å². The monoisotopic (exact) mass is 558 g/mol. The van der Waals surface area contributed by atoms with E-state index in [0.717, 1.165) is 18.5 Å². The minimum absolute atomic E-state index is 0.0860. The Labute approximate surface area is 249 Å². The van der Waals surface area contributed by atoms with Crippen molar-refractivity contribution in [2.75, 3.05) is 6.54 Å². The summed E-state index contributed by atoms with van der Waals surface area (Å²) in [5, 5.41) is 12.8. The first kappa shape index (κ1) is 36.5.